The molecule has 0 unspecified atom stereocenters. The van der Waals surface area contributed by atoms with Gasteiger partial charge in [0.15, 0.2) is 6.61 Å². The van der Waals surface area contributed by atoms with E-state index >= 15 is 0 Å². The molecule has 0 radical (unpaired) electrons. The fourth-order valence-corrected chi connectivity index (χ4v) is 4.27. The molecule has 2 N–H and O–H groups in total. The van der Waals surface area contributed by atoms with E-state index in [4.69, 9.17) is 37.4 Å². The second-order valence-electron chi connectivity index (χ2n) is 6.61. The largest absolute Gasteiger partial charge is 0.497 e. The Labute approximate surface area is 201 Å². The first-order valence-electron chi connectivity index (χ1n) is 9.44. The molecular formula is C22H20Cl2N2O6S. The van der Waals surface area contributed by atoms with Gasteiger partial charge in [0.25, 0.3) is 15.9 Å². The number of hydrogen-bond acceptors (Lipinski definition) is 6. The molecule has 174 valence electrons. The molecule has 0 spiro atoms. The van der Waals surface area contributed by atoms with Crippen LogP contribution in [0.4, 0.5) is 11.4 Å². The van der Waals surface area contributed by atoms with Gasteiger partial charge in [-0.1, -0.05) is 23.2 Å². The fraction of sp³-hybridized carbons (Fsp3) is 0.136. The predicted molar refractivity (Wildman–Crippen MR) is 127 cm³/mol. The van der Waals surface area contributed by atoms with Crippen molar-refractivity contribution in [3.63, 3.8) is 0 Å². The zero-order valence-electron chi connectivity index (χ0n) is 17.6. The van der Waals surface area contributed by atoms with Crippen molar-refractivity contribution in [2.75, 3.05) is 30.9 Å². The lowest BCUT2D eigenvalue weighted by molar-refractivity contribution is -0.118. The number of hydrogen-bond donors (Lipinski definition) is 2. The Bertz CT molecular complexity index is 1250. The number of carbonyl (C=O) groups excluding carboxylic acids is 1. The Hall–Kier alpha value is -3.14. The number of halogens is 2. The third kappa shape index (κ3) is 6.44. The van der Waals surface area contributed by atoms with Crippen LogP contribution < -0.4 is 24.2 Å². The quantitative estimate of drug-likeness (QED) is 0.427. The highest BCUT2D eigenvalue weighted by atomic mass is 35.5. The van der Waals surface area contributed by atoms with Gasteiger partial charge in [0.2, 0.25) is 0 Å². The van der Waals surface area contributed by atoms with Gasteiger partial charge < -0.3 is 19.5 Å². The van der Waals surface area contributed by atoms with Gasteiger partial charge in [0.1, 0.15) is 17.2 Å². The van der Waals surface area contributed by atoms with Crippen LogP contribution in [0.5, 0.6) is 17.2 Å². The van der Waals surface area contributed by atoms with Crippen molar-refractivity contribution >= 4 is 50.5 Å². The fourth-order valence-electron chi connectivity index (χ4n) is 2.75. The summed E-state index contributed by atoms with van der Waals surface area (Å²) < 4.78 is 43.8. The predicted octanol–water partition coefficient (Wildman–Crippen LogP) is 4.83. The molecule has 0 fully saturated rings. The molecule has 0 aromatic heterocycles. The minimum atomic E-state index is -3.92. The summed E-state index contributed by atoms with van der Waals surface area (Å²) in [5, 5.41) is 3.35. The lowest BCUT2D eigenvalue weighted by atomic mass is 10.3. The smallest absolute Gasteiger partial charge is 0.262 e. The molecule has 0 heterocycles. The molecule has 0 saturated heterocycles. The third-order valence-corrected chi connectivity index (χ3v) is 6.26. The number of methoxy groups -OCH3 is 2. The maximum Gasteiger partial charge on any atom is 0.262 e. The molecule has 0 aliphatic heterocycles. The molecule has 0 aliphatic carbocycles. The van der Waals surface area contributed by atoms with Gasteiger partial charge in [-0.05, 0) is 54.6 Å². The molecule has 11 heteroatoms. The van der Waals surface area contributed by atoms with Crippen molar-refractivity contribution in [3.05, 3.63) is 70.7 Å². The molecule has 3 aromatic carbocycles. The maximum absolute atomic E-state index is 12.8. The summed E-state index contributed by atoms with van der Waals surface area (Å²) in [5.74, 6) is 0.672. The molecule has 0 atom stereocenters. The van der Waals surface area contributed by atoms with Gasteiger partial charge in [-0.3, -0.25) is 9.52 Å². The topological polar surface area (TPSA) is 103 Å². The monoisotopic (exact) mass is 510 g/mol. The van der Waals surface area contributed by atoms with Gasteiger partial charge in [-0.15, -0.1) is 0 Å². The van der Waals surface area contributed by atoms with Gasteiger partial charge in [0, 0.05) is 16.8 Å². The van der Waals surface area contributed by atoms with E-state index in [9.17, 15) is 13.2 Å². The van der Waals surface area contributed by atoms with Crippen molar-refractivity contribution in [2.45, 2.75) is 4.90 Å². The number of nitrogens with one attached hydrogen (secondary N) is 2. The Balaban J connectivity index is 1.65. The van der Waals surface area contributed by atoms with Crippen molar-refractivity contribution < 1.29 is 27.4 Å². The van der Waals surface area contributed by atoms with Crippen LogP contribution in [0.3, 0.4) is 0 Å². The number of sulfonamides is 1. The van der Waals surface area contributed by atoms with E-state index < -0.39 is 15.9 Å². The van der Waals surface area contributed by atoms with Gasteiger partial charge in [-0.2, -0.15) is 0 Å². The highest BCUT2D eigenvalue weighted by Crippen LogP contribution is 2.31. The van der Waals surface area contributed by atoms with Crippen LogP contribution in [0.2, 0.25) is 10.0 Å². The number of benzene rings is 3. The molecule has 0 aliphatic rings. The standard InChI is InChI=1S/C22H20Cl2N2O6S/c1-30-16-6-10-21(31-2)19(12-16)26-33(28,29)17-7-4-15(5-8-17)25-22(27)13-32-20-9-3-14(23)11-18(20)24/h3-12,26H,13H2,1-2H3,(H,25,27). The number of carbonyl (C=O) groups is 1. The van der Waals surface area contributed by atoms with Crippen LogP contribution in [-0.2, 0) is 14.8 Å². The molecule has 8 nitrogen and oxygen atoms in total. The Morgan fingerprint density at radius 1 is 0.909 bits per heavy atom. The van der Waals surface area contributed by atoms with Crippen molar-refractivity contribution in [1.82, 2.24) is 0 Å². The molecule has 0 bridgehead atoms. The molecule has 3 rings (SSSR count). The van der Waals surface area contributed by atoms with Crippen LogP contribution in [-0.4, -0.2) is 35.2 Å². The molecule has 3 aromatic rings. The second-order valence-corrected chi connectivity index (χ2v) is 9.13. The highest BCUT2D eigenvalue weighted by Gasteiger charge is 2.17. The Kier molecular flexibility index (Phi) is 7.91. The second kappa shape index (κ2) is 10.7. The van der Waals surface area contributed by atoms with Crippen LogP contribution >= 0.6 is 23.2 Å². The first-order valence-corrected chi connectivity index (χ1v) is 11.7. The van der Waals surface area contributed by atoms with Crippen LogP contribution in [0, 0.1) is 0 Å². The zero-order chi connectivity index (χ0) is 24.0. The summed E-state index contributed by atoms with van der Waals surface area (Å²) in [7, 11) is -1.01. The first-order chi connectivity index (χ1) is 15.7. The summed E-state index contributed by atoms with van der Waals surface area (Å²) in [4.78, 5) is 12.2. The lowest BCUT2D eigenvalue weighted by Gasteiger charge is -2.13. The lowest BCUT2D eigenvalue weighted by Crippen LogP contribution is -2.20. The van der Waals surface area contributed by atoms with E-state index in [-0.39, 0.29) is 22.2 Å². The summed E-state index contributed by atoms with van der Waals surface area (Å²) in [5.41, 5.74) is 0.621. The van der Waals surface area contributed by atoms with Crippen LogP contribution in [0.25, 0.3) is 0 Å². The number of rotatable bonds is 9. The average Bonchev–Trinajstić information content (AvgIpc) is 2.78. The number of ether oxygens (including phenoxy) is 3. The van der Waals surface area contributed by atoms with E-state index in [1.807, 2.05) is 0 Å². The average molecular weight is 511 g/mol. The van der Waals surface area contributed by atoms with Gasteiger partial charge in [0.05, 0.1) is 29.8 Å². The molecular weight excluding hydrogens is 491 g/mol. The van der Waals surface area contributed by atoms with Gasteiger partial charge in [-0.25, -0.2) is 8.42 Å². The zero-order valence-corrected chi connectivity index (χ0v) is 19.9. The minimum absolute atomic E-state index is 0.00503. The van der Waals surface area contributed by atoms with E-state index in [0.29, 0.717) is 28.0 Å². The summed E-state index contributed by atoms with van der Waals surface area (Å²) in [6, 6.07) is 15.1. The molecule has 33 heavy (non-hydrogen) atoms. The van der Waals surface area contributed by atoms with Crippen LogP contribution in [0.1, 0.15) is 0 Å². The van der Waals surface area contributed by atoms with Crippen LogP contribution in [0.15, 0.2) is 65.6 Å². The number of amides is 1. The normalized spacial score (nSPS) is 10.9. The molecule has 0 saturated carbocycles. The number of anilines is 2. The Morgan fingerprint density at radius 2 is 1.61 bits per heavy atom. The van der Waals surface area contributed by atoms with Crippen molar-refractivity contribution in [2.24, 2.45) is 0 Å². The van der Waals surface area contributed by atoms with Gasteiger partial charge >= 0.3 is 0 Å². The highest BCUT2D eigenvalue weighted by molar-refractivity contribution is 7.92. The summed E-state index contributed by atoms with van der Waals surface area (Å²) >= 11 is 11.8. The van der Waals surface area contributed by atoms with Crippen molar-refractivity contribution in [1.29, 1.82) is 0 Å². The Morgan fingerprint density at radius 3 is 2.24 bits per heavy atom. The maximum atomic E-state index is 12.8. The first kappa shape index (κ1) is 24.5. The SMILES string of the molecule is COc1ccc(OC)c(NS(=O)(=O)c2ccc(NC(=O)COc3ccc(Cl)cc3Cl)cc2)c1. The molecule has 1 amide bonds. The third-order valence-electron chi connectivity index (χ3n) is 4.35. The van der Waals surface area contributed by atoms with E-state index in [0.717, 1.165) is 0 Å². The van der Waals surface area contributed by atoms with E-state index in [1.165, 1.54) is 50.6 Å². The summed E-state index contributed by atoms with van der Waals surface area (Å²) in [6.07, 6.45) is 0. The van der Waals surface area contributed by atoms with E-state index in [2.05, 4.69) is 10.0 Å². The minimum Gasteiger partial charge on any atom is -0.497 e. The van der Waals surface area contributed by atoms with Crippen molar-refractivity contribution in [3.8, 4) is 17.2 Å². The summed E-state index contributed by atoms with van der Waals surface area (Å²) in [6.45, 7) is -0.293. The van der Waals surface area contributed by atoms with E-state index in [1.54, 1.807) is 24.3 Å².